The lowest BCUT2D eigenvalue weighted by Gasteiger charge is -2.24. The maximum Gasteiger partial charge on any atom is 0.0951 e. The van der Waals surface area contributed by atoms with Gasteiger partial charge >= 0.3 is 0 Å². The van der Waals surface area contributed by atoms with Crippen LogP contribution >= 0.6 is 0 Å². The molecule has 2 heterocycles. The summed E-state index contributed by atoms with van der Waals surface area (Å²) in [5, 5.41) is 3.60. The monoisotopic (exact) mass is 247 g/mol. The third-order valence-electron chi connectivity index (χ3n) is 5.18. The Kier molecular flexibility index (Phi) is 3.42. The molecule has 1 aromatic rings. The third kappa shape index (κ3) is 1.99. The molecular weight excluding hydrogens is 222 g/mol. The molecule has 0 spiro atoms. The number of hydrogen-bond acceptors (Lipinski definition) is 2. The molecule has 3 unspecified atom stereocenters. The first kappa shape index (κ1) is 12.2. The minimum atomic E-state index is 0.542. The molecule has 100 valence electrons. The number of rotatable bonds is 3. The van der Waals surface area contributed by atoms with Crippen molar-refractivity contribution >= 4 is 0 Å². The molecule has 3 rings (SSSR count). The zero-order valence-electron chi connectivity index (χ0n) is 11.6. The van der Waals surface area contributed by atoms with Gasteiger partial charge in [-0.3, -0.25) is 0 Å². The summed E-state index contributed by atoms with van der Waals surface area (Å²) in [7, 11) is 0. The van der Waals surface area contributed by atoms with Crippen LogP contribution in [0.1, 0.15) is 63.7 Å². The summed E-state index contributed by atoms with van der Waals surface area (Å²) in [6, 6.07) is 1.22. The lowest BCUT2D eigenvalue weighted by atomic mass is 9.93. The number of hydrogen-bond donors (Lipinski definition) is 1. The molecule has 1 N–H and O–H groups in total. The molecule has 2 aliphatic rings. The molecule has 1 aromatic heterocycles. The van der Waals surface area contributed by atoms with E-state index in [-0.39, 0.29) is 0 Å². The molecule has 1 saturated heterocycles. The number of imidazole rings is 1. The summed E-state index contributed by atoms with van der Waals surface area (Å²) in [5.41, 5.74) is 1.42. The van der Waals surface area contributed by atoms with Crippen LogP contribution in [-0.2, 0) is 0 Å². The Labute approximate surface area is 110 Å². The fourth-order valence-electron chi connectivity index (χ4n) is 3.99. The number of nitrogens with one attached hydrogen (secondary N) is 1. The molecule has 3 nitrogen and oxygen atoms in total. The summed E-state index contributed by atoms with van der Waals surface area (Å²) in [4.78, 5) is 4.42. The van der Waals surface area contributed by atoms with E-state index in [1.165, 1.54) is 37.8 Å². The fraction of sp³-hybridized carbons (Fsp3) is 0.800. The molecule has 4 atom stereocenters. The SMILES string of the molecule is CCC1CCC(n2cncc2[C@@H]2CCCN2)C1C. The lowest BCUT2D eigenvalue weighted by molar-refractivity contribution is 0.320. The predicted molar refractivity (Wildman–Crippen MR) is 73.4 cm³/mol. The molecule has 3 heteroatoms. The van der Waals surface area contributed by atoms with Gasteiger partial charge in [-0.05, 0) is 44.1 Å². The second-order valence-electron chi connectivity index (χ2n) is 6.05. The van der Waals surface area contributed by atoms with Gasteiger partial charge in [-0.25, -0.2) is 4.98 Å². The summed E-state index contributed by atoms with van der Waals surface area (Å²) >= 11 is 0. The van der Waals surface area contributed by atoms with E-state index in [2.05, 4.69) is 41.2 Å². The van der Waals surface area contributed by atoms with Crippen molar-refractivity contribution in [1.82, 2.24) is 14.9 Å². The van der Waals surface area contributed by atoms with Crippen molar-refractivity contribution < 1.29 is 0 Å². The highest BCUT2D eigenvalue weighted by molar-refractivity contribution is 5.10. The van der Waals surface area contributed by atoms with Crippen molar-refractivity contribution in [3.63, 3.8) is 0 Å². The van der Waals surface area contributed by atoms with Gasteiger partial charge in [-0.2, -0.15) is 0 Å². The second-order valence-corrected chi connectivity index (χ2v) is 6.05. The largest absolute Gasteiger partial charge is 0.330 e. The van der Waals surface area contributed by atoms with Gasteiger partial charge in [0.2, 0.25) is 0 Å². The quantitative estimate of drug-likeness (QED) is 0.888. The molecule has 2 fully saturated rings. The minimum Gasteiger partial charge on any atom is -0.330 e. The molecule has 0 aromatic carbocycles. The van der Waals surface area contributed by atoms with E-state index in [4.69, 9.17) is 0 Å². The summed E-state index contributed by atoms with van der Waals surface area (Å²) in [6.07, 6.45) is 10.7. The molecular formula is C15H25N3. The van der Waals surface area contributed by atoms with Gasteiger partial charge in [-0.1, -0.05) is 20.3 Å². The van der Waals surface area contributed by atoms with Gasteiger partial charge in [0.15, 0.2) is 0 Å². The van der Waals surface area contributed by atoms with E-state index in [1.54, 1.807) is 0 Å². The summed E-state index contributed by atoms with van der Waals surface area (Å²) in [5.74, 6) is 1.70. The maximum atomic E-state index is 4.42. The second kappa shape index (κ2) is 5.04. The summed E-state index contributed by atoms with van der Waals surface area (Å²) < 4.78 is 2.48. The maximum absolute atomic E-state index is 4.42. The smallest absolute Gasteiger partial charge is 0.0951 e. The Morgan fingerprint density at radius 2 is 2.28 bits per heavy atom. The Morgan fingerprint density at radius 1 is 1.39 bits per heavy atom. The van der Waals surface area contributed by atoms with Crippen LogP contribution < -0.4 is 5.32 Å². The van der Waals surface area contributed by atoms with E-state index in [0.29, 0.717) is 12.1 Å². The Bertz CT molecular complexity index is 392. The third-order valence-corrected chi connectivity index (χ3v) is 5.18. The topological polar surface area (TPSA) is 29.9 Å². The zero-order valence-corrected chi connectivity index (χ0v) is 11.6. The van der Waals surface area contributed by atoms with Crippen LogP contribution in [-0.4, -0.2) is 16.1 Å². The van der Waals surface area contributed by atoms with Crippen molar-refractivity contribution in [3.05, 3.63) is 18.2 Å². The Hall–Kier alpha value is -0.830. The van der Waals surface area contributed by atoms with Gasteiger partial charge < -0.3 is 9.88 Å². The highest BCUT2D eigenvalue weighted by Crippen LogP contribution is 2.43. The number of nitrogens with zero attached hydrogens (tertiary/aromatic N) is 2. The van der Waals surface area contributed by atoms with Gasteiger partial charge in [0.25, 0.3) is 0 Å². The normalized spacial score (nSPS) is 36.3. The van der Waals surface area contributed by atoms with Gasteiger partial charge in [0.05, 0.1) is 12.0 Å². The molecule has 0 amide bonds. The van der Waals surface area contributed by atoms with Crippen molar-refractivity contribution in [2.45, 2.75) is 58.0 Å². The number of aromatic nitrogens is 2. The van der Waals surface area contributed by atoms with E-state index in [0.717, 1.165) is 18.4 Å². The van der Waals surface area contributed by atoms with Crippen LogP contribution in [0, 0.1) is 11.8 Å². The first-order chi connectivity index (χ1) is 8.81. The molecule has 0 bridgehead atoms. The van der Waals surface area contributed by atoms with Crippen LogP contribution in [0.3, 0.4) is 0 Å². The van der Waals surface area contributed by atoms with Crippen LogP contribution in [0.5, 0.6) is 0 Å². The first-order valence-corrected chi connectivity index (χ1v) is 7.56. The van der Waals surface area contributed by atoms with Crippen molar-refractivity contribution in [2.24, 2.45) is 11.8 Å². The molecule has 1 aliphatic carbocycles. The first-order valence-electron chi connectivity index (χ1n) is 7.56. The molecule has 0 radical (unpaired) electrons. The van der Waals surface area contributed by atoms with Gasteiger partial charge in [0, 0.05) is 18.3 Å². The zero-order chi connectivity index (χ0) is 12.5. The standard InChI is InChI=1S/C15H25N3/c1-3-12-6-7-14(11(12)2)18-10-16-9-15(18)13-5-4-8-17-13/h9-14,17H,3-8H2,1-2H3/t11?,12?,13-,14?/m0/s1. The highest BCUT2D eigenvalue weighted by atomic mass is 15.1. The molecule has 1 saturated carbocycles. The lowest BCUT2D eigenvalue weighted by Crippen LogP contribution is -2.21. The van der Waals surface area contributed by atoms with Crippen LogP contribution in [0.4, 0.5) is 0 Å². The van der Waals surface area contributed by atoms with E-state index in [1.807, 2.05) is 0 Å². The minimum absolute atomic E-state index is 0.542. The van der Waals surface area contributed by atoms with E-state index in [9.17, 15) is 0 Å². The van der Waals surface area contributed by atoms with Crippen LogP contribution in [0.2, 0.25) is 0 Å². The van der Waals surface area contributed by atoms with Crippen LogP contribution in [0.25, 0.3) is 0 Å². The van der Waals surface area contributed by atoms with Crippen molar-refractivity contribution in [2.75, 3.05) is 6.54 Å². The van der Waals surface area contributed by atoms with Gasteiger partial charge in [-0.15, -0.1) is 0 Å². The van der Waals surface area contributed by atoms with E-state index >= 15 is 0 Å². The Balaban J connectivity index is 1.82. The van der Waals surface area contributed by atoms with Crippen LogP contribution in [0.15, 0.2) is 12.5 Å². The predicted octanol–water partition coefficient (Wildman–Crippen LogP) is 3.30. The molecule has 18 heavy (non-hydrogen) atoms. The average molecular weight is 247 g/mol. The van der Waals surface area contributed by atoms with Crippen molar-refractivity contribution in [3.8, 4) is 0 Å². The summed E-state index contributed by atoms with van der Waals surface area (Å²) in [6.45, 7) is 5.92. The average Bonchev–Trinajstić information content (AvgIpc) is 3.07. The fourth-order valence-corrected chi connectivity index (χ4v) is 3.99. The Morgan fingerprint density at radius 3 is 2.94 bits per heavy atom. The van der Waals surface area contributed by atoms with E-state index < -0.39 is 0 Å². The van der Waals surface area contributed by atoms with Gasteiger partial charge in [0.1, 0.15) is 0 Å². The highest BCUT2D eigenvalue weighted by Gasteiger charge is 2.34. The molecule has 1 aliphatic heterocycles. The van der Waals surface area contributed by atoms with Crippen molar-refractivity contribution in [1.29, 1.82) is 0 Å².